The Morgan fingerprint density at radius 1 is 0.308 bits per heavy atom. The van der Waals surface area contributed by atoms with Crippen LogP contribution in [0.3, 0.4) is 0 Å². The first-order chi connectivity index (χ1) is 68.0. The Morgan fingerprint density at radius 3 is 0.801 bits per heavy atom. The maximum absolute atomic E-state index is 12.8. The Bertz CT molecular complexity index is 7200. The number of nitrogens with one attached hydrogen (secondary N) is 5. The first-order valence-electron chi connectivity index (χ1n) is 45.1. The standard InChI is InChI=1S/C26H32N4O4S.C23H26N4O4S.C21H22N4O4S.C17H14N2O3S.C13H13N3O4S.4CH4.H2O/c1-27-23(31)13-9-4-2-3-5-10-14-24(32)28-21-15-17-22(18-16-21)30-25(33)29(26(34)35-30)19-20-11-7-6-8-12-20;24-20(28)10-6-1-2-7-11-21(29)25-18-12-14-19(15-13-18)27-22(30)26(23(31)32-27)16-17-8-4-3-5-9-17;22-18(26)8-4-5-9-19(27)23-16-10-12-17(13-11-16)25-20(28)24(21(29)30-25)14-15-6-2-1-3-7-15;1-12(20)14-7-9-15(10-8-14)19-16(21)18(17(22)23-19)11-13-5-3-2-4-6-13;17-11(14-20)7-4-8-16-12(18)15(13(19)21-16)9-10-5-2-1-3-6-10;;;;;/h6-8,11-12,15-18H,2-5,9-10,13-14,19H2,1H3,(H,27,31)(H,28,32);3-5,8-9,12-15H,1-2,6-7,10-11,16H2,(H2,24,28)(H,25,29);1-3,6-7,10-13H,4-5,8-9,14H2,(H2,22,26)(H,23,27);2-10H,11H2,1H3;1-7,20H,8-9H2,(H,14,17);4*1H4;1H2/b;;;;7-4+;;;;;. The molecule has 0 aliphatic heterocycles. The highest BCUT2D eigenvalue weighted by Gasteiger charge is 2.20. The van der Waals surface area contributed by atoms with Crippen LogP contribution in [0.4, 0.5) is 17.1 Å². The summed E-state index contributed by atoms with van der Waals surface area (Å²) in [5.74, 6) is -1.63. The first kappa shape index (κ1) is 121. The summed E-state index contributed by atoms with van der Waals surface area (Å²) < 4.78 is 12.6. The molecule has 7 amide bonds. The van der Waals surface area contributed by atoms with Gasteiger partial charge in [-0.25, -0.2) is 72.1 Å². The predicted octanol–water partition coefficient (Wildman–Crippen LogP) is 13.1. The summed E-state index contributed by atoms with van der Waals surface area (Å²) in [5.41, 5.74) is 18.7. The zero-order chi connectivity index (χ0) is 101. The summed E-state index contributed by atoms with van der Waals surface area (Å²) in [6, 6.07) is 73.6. The van der Waals surface area contributed by atoms with Gasteiger partial charge in [-0.05, 0) is 170 Å². The van der Waals surface area contributed by atoms with Crippen LogP contribution in [0, 0.1) is 0 Å². The number of aromatic nitrogens is 10. The minimum atomic E-state index is -0.695. The number of hydrogen-bond donors (Lipinski definition) is 8. The number of amides is 7. The summed E-state index contributed by atoms with van der Waals surface area (Å²) in [6.07, 6.45) is 15.0. The van der Waals surface area contributed by atoms with Gasteiger partial charge in [0.2, 0.25) is 35.4 Å². The summed E-state index contributed by atoms with van der Waals surface area (Å²) >= 11 is 4.18. The molecule has 0 unspecified atom stereocenters. The van der Waals surface area contributed by atoms with Crippen LogP contribution in [0.25, 0.3) is 22.7 Å². The van der Waals surface area contributed by atoms with E-state index in [0.717, 1.165) is 160 Å². The Labute approximate surface area is 862 Å². The van der Waals surface area contributed by atoms with Crippen molar-refractivity contribution in [2.75, 3.05) is 23.0 Å². The number of hydrogen-bond acceptors (Lipinski definition) is 24. The van der Waals surface area contributed by atoms with E-state index in [1.807, 2.05) is 152 Å². The van der Waals surface area contributed by atoms with Crippen molar-refractivity contribution in [3.8, 4) is 22.7 Å². The minimum absolute atomic E-state index is 0. The largest absolute Gasteiger partial charge is 0.412 e. The molecule has 42 heteroatoms. The lowest BCUT2D eigenvalue weighted by atomic mass is 10.1. The number of unbranched alkanes of at least 4 members (excludes halogenated alkanes) is 9. The van der Waals surface area contributed by atoms with Gasteiger partial charge in [0.1, 0.15) is 0 Å². The molecule has 0 saturated carbocycles. The molecule has 14 aromatic rings. The minimum Gasteiger partial charge on any atom is -0.412 e. The van der Waals surface area contributed by atoms with Gasteiger partial charge in [-0.15, -0.1) is 0 Å². The van der Waals surface area contributed by atoms with Crippen LogP contribution in [-0.2, 0) is 72.8 Å². The zero-order valence-corrected chi connectivity index (χ0v) is 81.8. The molecule has 146 heavy (non-hydrogen) atoms. The number of benzene rings is 9. The number of carbonyl (C=O) groups excluding carboxylic acids is 8. The van der Waals surface area contributed by atoms with Crippen molar-refractivity contribution in [3.63, 3.8) is 0 Å². The van der Waals surface area contributed by atoms with E-state index in [4.69, 9.17) is 16.7 Å². The molecule has 12 N–H and O–H groups in total. The molecule has 37 nitrogen and oxygen atoms in total. The van der Waals surface area contributed by atoms with E-state index in [0.29, 0.717) is 90.3 Å². The van der Waals surface area contributed by atoms with E-state index in [2.05, 4.69) is 21.3 Å². The number of nitrogens with zero attached hydrogens (tertiary/aromatic N) is 10. The first-order valence-corrected chi connectivity index (χ1v) is 48.9. The lowest BCUT2D eigenvalue weighted by molar-refractivity contribution is -0.124. The second kappa shape index (κ2) is 62.7. The molecule has 0 spiro atoms. The number of nitrogens with two attached hydrogens (primary N) is 2. The van der Waals surface area contributed by atoms with Crippen molar-refractivity contribution in [2.45, 2.75) is 191 Å². The molecular formula is C104H125N17O20S5. The van der Waals surface area contributed by atoms with Crippen molar-refractivity contribution in [3.05, 3.63) is 395 Å². The zero-order valence-electron chi connectivity index (χ0n) is 77.8. The lowest BCUT2D eigenvalue weighted by Gasteiger charge is -2.07. The highest BCUT2D eigenvalue weighted by atomic mass is 32.1. The van der Waals surface area contributed by atoms with Crippen LogP contribution in [0.1, 0.15) is 190 Å². The van der Waals surface area contributed by atoms with Gasteiger partial charge in [0.15, 0.2) is 5.78 Å². The molecule has 9 aromatic carbocycles. The third-order valence-corrected chi connectivity index (χ3v) is 25.9. The molecule has 0 bridgehead atoms. The van der Waals surface area contributed by atoms with Gasteiger partial charge in [0.25, 0.3) is 5.91 Å². The van der Waals surface area contributed by atoms with Gasteiger partial charge < -0.3 is 38.2 Å². The number of Topliss-reactive ketones (excluding diaryl/α,β-unsaturated/α-hetero) is 1. The maximum Gasteiger partial charge on any atom is 0.346 e. The van der Waals surface area contributed by atoms with E-state index in [9.17, 15) is 86.3 Å². The average molecular weight is 2090 g/mol. The smallest absolute Gasteiger partial charge is 0.346 e. The van der Waals surface area contributed by atoms with Gasteiger partial charge in [-0.3, -0.25) is 67.5 Å². The molecule has 5 aromatic heterocycles. The normalized spacial score (nSPS) is 10.4. The second-order valence-electron chi connectivity index (χ2n) is 31.9. The van der Waals surface area contributed by atoms with E-state index >= 15 is 0 Å². The molecule has 14 rings (SSSR count). The van der Waals surface area contributed by atoms with Gasteiger partial charge in [-0.1, -0.05) is 226 Å². The monoisotopic (exact) mass is 2090 g/mol. The number of ketones is 1. The third kappa shape index (κ3) is 38.3. The lowest BCUT2D eigenvalue weighted by Crippen LogP contribution is -2.29. The number of carbonyl (C=O) groups is 8. The highest BCUT2D eigenvalue weighted by molar-refractivity contribution is 7.05. The van der Waals surface area contributed by atoms with Crippen LogP contribution in [-0.4, -0.2) is 107 Å². The molecule has 0 radical (unpaired) electrons. The van der Waals surface area contributed by atoms with Crippen molar-refractivity contribution in [1.29, 1.82) is 0 Å². The highest BCUT2D eigenvalue weighted by Crippen LogP contribution is 2.21. The van der Waals surface area contributed by atoms with Crippen molar-refractivity contribution < 1.29 is 49.0 Å². The molecule has 776 valence electrons. The molecule has 0 fully saturated rings. The number of allylic oxidation sites excluding steroid dienone is 1. The average Bonchev–Trinajstić information content (AvgIpc) is 1.64. The quantitative estimate of drug-likeness (QED) is 0.00579. The van der Waals surface area contributed by atoms with Crippen LogP contribution in [0.2, 0.25) is 0 Å². The Morgan fingerprint density at radius 2 is 0.541 bits per heavy atom. The second-order valence-corrected chi connectivity index (χ2v) is 36.5. The number of primary amides is 2. The van der Waals surface area contributed by atoms with Crippen molar-refractivity contribution in [1.82, 2.24) is 53.4 Å². The third-order valence-electron chi connectivity index (χ3n) is 21.3. The van der Waals surface area contributed by atoms with Gasteiger partial charge >= 0.3 is 52.8 Å². The number of anilines is 3. The van der Waals surface area contributed by atoms with E-state index in [-0.39, 0.29) is 158 Å². The van der Waals surface area contributed by atoms with Crippen LogP contribution >= 0.6 is 57.7 Å². The van der Waals surface area contributed by atoms with Crippen molar-refractivity contribution in [2.24, 2.45) is 11.5 Å². The molecule has 0 saturated heterocycles. The maximum atomic E-state index is 12.8. The molecule has 5 heterocycles. The van der Waals surface area contributed by atoms with Gasteiger partial charge in [0, 0.05) is 132 Å². The fourth-order valence-electron chi connectivity index (χ4n) is 13.8. The summed E-state index contributed by atoms with van der Waals surface area (Å²) in [6.45, 7) is 2.69. The van der Waals surface area contributed by atoms with E-state index in [1.54, 1.807) is 104 Å². The summed E-state index contributed by atoms with van der Waals surface area (Å²) in [5, 5.41) is 19.4. The van der Waals surface area contributed by atoms with Gasteiger partial charge in [-0.2, -0.15) is 0 Å². The fourth-order valence-corrected chi connectivity index (χ4v) is 17.8. The molecule has 0 aliphatic carbocycles. The number of hydroxylamine groups is 1. The predicted molar refractivity (Wildman–Crippen MR) is 578 cm³/mol. The Balaban J connectivity index is 0.000000322. The summed E-state index contributed by atoms with van der Waals surface area (Å²) in [4.78, 5) is 213. The van der Waals surface area contributed by atoms with E-state index in [1.165, 1.54) is 56.5 Å². The Kier molecular flexibility index (Phi) is 51.9. The SMILES string of the molecule is C.C.C.C.CC(=O)c1ccc(-n2sc(=O)n(Cc3ccccc3)c2=O)cc1.CNC(=O)CCCCCCCCC(=O)Nc1ccc(-n2sc(=O)n(Cc3ccccc3)c2=O)cc1.NC(=O)CCCCC(=O)Nc1ccc(-n2sc(=O)n(Cc3ccccc3)c2=O)cc1.NC(=O)CCCCCCC(=O)Nc1ccc(-n2sc(=O)n(Cc3ccccc3)c2=O)cc1.O.O=C(/C=C/Cn1sc(=O)n(Cc2ccccc2)c1=O)NO. The van der Waals surface area contributed by atoms with Crippen LogP contribution < -0.4 is 91.0 Å². The fraction of sp³-hybridized carbons (Fsp3) is 0.288. The summed E-state index contributed by atoms with van der Waals surface area (Å²) in [7, 11) is 1.65. The van der Waals surface area contributed by atoms with Crippen LogP contribution in [0.5, 0.6) is 0 Å². The van der Waals surface area contributed by atoms with Gasteiger partial charge in [0.05, 0.1) is 62.0 Å². The number of rotatable bonds is 42. The topological polar surface area (TPSA) is 520 Å². The molecule has 0 atom stereocenters. The van der Waals surface area contributed by atoms with Crippen LogP contribution in [0.15, 0.2) is 309 Å². The van der Waals surface area contributed by atoms with Crippen molar-refractivity contribution >= 4 is 122 Å². The Hall–Kier alpha value is -15.6. The molecular weight excluding hydrogens is 1970 g/mol. The van der Waals surface area contributed by atoms with E-state index < -0.39 is 23.0 Å². The molecule has 0 aliphatic rings.